The molecule has 0 unspecified atom stereocenters. The number of nitrogens with zero attached hydrogens (tertiary/aromatic N) is 2. The lowest BCUT2D eigenvalue weighted by molar-refractivity contribution is 0.779. The van der Waals surface area contributed by atoms with E-state index in [1.165, 1.54) is 5.56 Å². The fraction of sp³-hybridized carbons (Fsp3) is 0.118. The lowest BCUT2D eigenvalue weighted by Gasteiger charge is -2.01. The number of aryl methyl sites for hydroxylation is 2. The second kappa shape index (κ2) is 4.73. The first-order chi connectivity index (χ1) is 9.24. The third-order valence-corrected chi connectivity index (χ3v) is 3.18. The Bertz CT molecular complexity index is 679. The zero-order chi connectivity index (χ0) is 13.2. The van der Waals surface area contributed by atoms with E-state index in [0.717, 1.165) is 22.5 Å². The molecule has 2 heteroatoms. The van der Waals surface area contributed by atoms with Crippen LogP contribution in [0, 0.1) is 13.0 Å². The van der Waals surface area contributed by atoms with Crippen LogP contribution in [-0.2, 0) is 7.05 Å². The molecule has 3 rings (SSSR count). The first kappa shape index (κ1) is 11.7. The minimum atomic E-state index is 0.888. The summed E-state index contributed by atoms with van der Waals surface area (Å²) in [5.74, 6) is 0. The van der Waals surface area contributed by atoms with E-state index in [9.17, 15) is 0 Å². The summed E-state index contributed by atoms with van der Waals surface area (Å²) in [5.41, 5.74) is 5.39. The molecule has 93 valence electrons. The largest absolute Gasteiger partial charge is 0.267 e. The van der Waals surface area contributed by atoms with Crippen LogP contribution in [0.15, 0.2) is 54.6 Å². The molecular weight excluding hydrogens is 232 g/mol. The van der Waals surface area contributed by atoms with Crippen molar-refractivity contribution in [3.63, 3.8) is 0 Å². The Labute approximate surface area is 113 Å². The van der Waals surface area contributed by atoms with E-state index in [-0.39, 0.29) is 0 Å². The summed E-state index contributed by atoms with van der Waals surface area (Å²) >= 11 is 0. The molecule has 1 heterocycles. The molecule has 2 aromatic carbocycles. The normalized spacial score (nSPS) is 10.6. The highest BCUT2D eigenvalue weighted by atomic mass is 15.3. The van der Waals surface area contributed by atoms with Crippen molar-refractivity contribution in [3.05, 3.63) is 66.2 Å². The van der Waals surface area contributed by atoms with Crippen LogP contribution in [0.5, 0.6) is 0 Å². The van der Waals surface area contributed by atoms with Gasteiger partial charge in [0, 0.05) is 24.2 Å². The molecule has 0 spiro atoms. The first-order valence-electron chi connectivity index (χ1n) is 6.33. The van der Waals surface area contributed by atoms with Crippen molar-refractivity contribution in [1.82, 2.24) is 9.78 Å². The monoisotopic (exact) mass is 247 g/mol. The summed E-state index contributed by atoms with van der Waals surface area (Å²) in [4.78, 5) is 0. The van der Waals surface area contributed by atoms with Gasteiger partial charge in [-0.3, -0.25) is 4.68 Å². The predicted molar refractivity (Wildman–Crippen MR) is 77.7 cm³/mol. The van der Waals surface area contributed by atoms with Crippen molar-refractivity contribution >= 4 is 0 Å². The summed E-state index contributed by atoms with van der Waals surface area (Å²) in [6, 6.07) is 22.0. The number of hydrogen-bond donors (Lipinski definition) is 0. The quantitative estimate of drug-likeness (QED) is 0.672. The maximum absolute atomic E-state index is 4.54. The van der Waals surface area contributed by atoms with Gasteiger partial charge in [-0.1, -0.05) is 60.2 Å². The zero-order valence-electron chi connectivity index (χ0n) is 11.1. The number of hydrogen-bond acceptors (Lipinski definition) is 1. The molecular formula is C17H15N2. The lowest BCUT2D eigenvalue weighted by atomic mass is 10.1. The summed E-state index contributed by atoms with van der Waals surface area (Å²) in [7, 11) is 1.96. The maximum Gasteiger partial charge on any atom is 0.101 e. The molecule has 0 aliphatic rings. The topological polar surface area (TPSA) is 17.8 Å². The van der Waals surface area contributed by atoms with Gasteiger partial charge in [0.1, 0.15) is 5.69 Å². The summed E-state index contributed by atoms with van der Waals surface area (Å²) in [6.07, 6.45) is 0. The van der Waals surface area contributed by atoms with Crippen LogP contribution in [0.1, 0.15) is 5.56 Å². The molecule has 0 N–H and O–H groups in total. The highest BCUT2D eigenvalue weighted by Crippen LogP contribution is 2.24. The van der Waals surface area contributed by atoms with Gasteiger partial charge in [0.25, 0.3) is 0 Å². The van der Waals surface area contributed by atoms with Crippen LogP contribution in [0.4, 0.5) is 0 Å². The Kier molecular flexibility index (Phi) is 2.92. The van der Waals surface area contributed by atoms with Gasteiger partial charge < -0.3 is 0 Å². The SMILES string of the molecule is Cc1ccc(-c2[c]c(-c3ccccc3)nn2C)cc1. The number of rotatable bonds is 2. The van der Waals surface area contributed by atoms with Gasteiger partial charge in [-0.2, -0.15) is 5.10 Å². The van der Waals surface area contributed by atoms with Crippen LogP contribution in [0.3, 0.4) is 0 Å². The average Bonchev–Trinajstić information content (AvgIpc) is 2.83. The Hall–Kier alpha value is -2.35. The first-order valence-corrected chi connectivity index (χ1v) is 6.33. The van der Waals surface area contributed by atoms with Crippen molar-refractivity contribution in [2.24, 2.45) is 7.05 Å². The van der Waals surface area contributed by atoms with E-state index in [4.69, 9.17) is 0 Å². The fourth-order valence-electron chi connectivity index (χ4n) is 2.11. The van der Waals surface area contributed by atoms with E-state index < -0.39 is 0 Å². The predicted octanol–water partition coefficient (Wildman–Crippen LogP) is 3.86. The van der Waals surface area contributed by atoms with Crippen LogP contribution >= 0.6 is 0 Å². The van der Waals surface area contributed by atoms with Gasteiger partial charge in [0.05, 0.1) is 5.69 Å². The van der Waals surface area contributed by atoms with E-state index in [0.29, 0.717) is 0 Å². The number of aromatic nitrogens is 2. The molecule has 1 radical (unpaired) electrons. The van der Waals surface area contributed by atoms with Crippen molar-refractivity contribution in [1.29, 1.82) is 0 Å². The smallest absolute Gasteiger partial charge is 0.101 e. The maximum atomic E-state index is 4.54. The van der Waals surface area contributed by atoms with E-state index in [1.54, 1.807) is 0 Å². The minimum absolute atomic E-state index is 0.888. The van der Waals surface area contributed by atoms with Gasteiger partial charge in [-0.25, -0.2) is 0 Å². The Morgan fingerprint density at radius 1 is 0.895 bits per heavy atom. The zero-order valence-corrected chi connectivity index (χ0v) is 11.1. The Morgan fingerprint density at radius 3 is 2.26 bits per heavy atom. The number of benzene rings is 2. The summed E-state index contributed by atoms with van der Waals surface area (Å²) in [5, 5.41) is 4.54. The van der Waals surface area contributed by atoms with E-state index >= 15 is 0 Å². The summed E-state index contributed by atoms with van der Waals surface area (Å²) < 4.78 is 1.88. The second-order valence-electron chi connectivity index (χ2n) is 4.68. The molecule has 0 saturated heterocycles. The van der Waals surface area contributed by atoms with Crippen molar-refractivity contribution in [2.45, 2.75) is 6.92 Å². The highest BCUT2D eigenvalue weighted by molar-refractivity contribution is 5.67. The standard InChI is InChI=1S/C17H15N2/c1-13-8-10-15(11-9-13)17-12-16(18-19(17)2)14-6-4-3-5-7-14/h3-11H,1-2H3. The second-order valence-corrected chi connectivity index (χ2v) is 4.68. The molecule has 0 aliphatic carbocycles. The molecule has 3 aromatic rings. The molecule has 2 nitrogen and oxygen atoms in total. The van der Waals surface area contributed by atoms with Gasteiger partial charge >= 0.3 is 0 Å². The van der Waals surface area contributed by atoms with Crippen LogP contribution in [-0.4, -0.2) is 9.78 Å². The van der Waals surface area contributed by atoms with Gasteiger partial charge in [-0.05, 0) is 6.92 Å². The highest BCUT2D eigenvalue weighted by Gasteiger charge is 2.09. The lowest BCUT2D eigenvalue weighted by Crippen LogP contribution is -1.93. The Balaban J connectivity index is 2.05. The van der Waals surface area contributed by atoms with Crippen molar-refractivity contribution < 1.29 is 0 Å². The van der Waals surface area contributed by atoms with Gasteiger partial charge in [0.15, 0.2) is 0 Å². The molecule has 1 aromatic heterocycles. The fourth-order valence-corrected chi connectivity index (χ4v) is 2.11. The van der Waals surface area contributed by atoms with Crippen LogP contribution < -0.4 is 0 Å². The molecule has 0 bridgehead atoms. The van der Waals surface area contributed by atoms with Crippen molar-refractivity contribution in [2.75, 3.05) is 0 Å². The van der Waals surface area contributed by atoms with Crippen molar-refractivity contribution in [3.8, 4) is 22.5 Å². The van der Waals surface area contributed by atoms with Crippen LogP contribution in [0.2, 0.25) is 0 Å². The average molecular weight is 247 g/mol. The van der Waals surface area contributed by atoms with E-state index in [2.05, 4.69) is 54.5 Å². The van der Waals surface area contributed by atoms with Gasteiger partial charge in [0.2, 0.25) is 0 Å². The Morgan fingerprint density at radius 2 is 1.58 bits per heavy atom. The molecule has 0 saturated carbocycles. The molecule has 19 heavy (non-hydrogen) atoms. The van der Waals surface area contributed by atoms with E-state index in [1.807, 2.05) is 29.9 Å². The minimum Gasteiger partial charge on any atom is -0.267 e. The molecule has 0 aliphatic heterocycles. The van der Waals surface area contributed by atoms with Crippen LogP contribution in [0.25, 0.3) is 22.5 Å². The summed E-state index contributed by atoms with van der Waals surface area (Å²) in [6.45, 7) is 2.09. The third-order valence-electron chi connectivity index (χ3n) is 3.18. The van der Waals surface area contributed by atoms with Gasteiger partial charge in [-0.15, -0.1) is 0 Å². The third kappa shape index (κ3) is 2.29. The molecule has 0 atom stereocenters. The molecule has 0 fully saturated rings. The molecule has 0 amide bonds.